The summed E-state index contributed by atoms with van der Waals surface area (Å²) in [5.41, 5.74) is 3.11. The molecular weight excluding hydrogens is 326 g/mol. The van der Waals surface area contributed by atoms with E-state index in [4.69, 9.17) is 4.74 Å². The largest absolute Gasteiger partial charge is 0.488 e. The van der Waals surface area contributed by atoms with Gasteiger partial charge in [0.15, 0.2) is 0 Å². The fourth-order valence-electron chi connectivity index (χ4n) is 2.44. The molecule has 0 saturated heterocycles. The molecule has 0 heterocycles. The van der Waals surface area contributed by atoms with Crippen molar-refractivity contribution in [1.82, 2.24) is 4.31 Å². The summed E-state index contributed by atoms with van der Waals surface area (Å²) in [6, 6.07) is 10.2. The fraction of sp³-hybridized carbons (Fsp3) is 0.278. The molecule has 0 fully saturated rings. The smallest absolute Gasteiger partial charge is 0.242 e. The van der Waals surface area contributed by atoms with E-state index in [1.807, 2.05) is 19.9 Å². The summed E-state index contributed by atoms with van der Waals surface area (Å²) >= 11 is 0. The molecule has 2 aromatic carbocycles. The third-order valence-electron chi connectivity index (χ3n) is 3.68. The van der Waals surface area contributed by atoms with Crippen LogP contribution in [0, 0.1) is 13.8 Å². The minimum atomic E-state index is -3.47. The highest BCUT2D eigenvalue weighted by atomic mass is 32.2. The van der Waals surface area contributed by atoms with Crippen molar-refractivity contribution in [1.29, 1.82) is 0 Å². The van der Waals surface area contributed by atoms with Crippen LogP contribution in [0.25, 0.3) is 0 Å². The lowest BCUT2D eigenvalue weighted by atomic mass is 10.1. The van der Waals surface area contributed by atoms with Crippen LogP contribution in [0.3, 0.4) is 0 Å². The summed E-state index contributed by atoms with van der Waals surface area (Å²) in [6.07, 6.45) is 0.805. The molecule has 24 heavy (non-hydrogen) atoms. The highest BCUT2D eigenvalue weighted by molar-refractivity contribution is 7.89. The maximum atomic E-state index is 12.2. The van der Waals surface area contributed by atoms with Gasteiger partial charge in [-0.25, -0.2) is 12.7 Å². The van der Waals surface area contributed by atoms with Gasteiger partial charge in [0.05, 0.1) is 4.90 Å². The Morgan fingerprint density at radius 1 is 1.08 bits per heavy atom. The van der Waals surface area contributed by atoms with E-state index in [1.165, 1.54) is 18.4 Å². The second-order valence-corrected chi connectivity index (χ2v) is 7.98. The van der Waals surface area contributed by atoms with Crippen LogP contribution in [0.15, 0.2) is 41.3 Å². The number of hydrogen-bond donors (Lipinski definition) is 0. The van der Waals surface area contributed by atoms with E-state index in [2.05, 4.69) is 0 Å². The number of aldehydes is 1. The summed E-state index contributed by atoms with van der Waals surface area (Å²) < 4.78 is 31.4. The summed E-state index contributed by atoms with van der Waals surface area (Å²) in [5.74, 6) is 0.710. The van der Waals surface area contributed by atoms with Crippen LogP contribution in [0.1, 0.15) is 27.0 Å². The first-order valence-electron chi connectivity index (χ1n) is 7.46. The highest BCUT2D eigenvalue weighted by Gasteiger charge is 2.17. The van der Waals surface area contributed by atoms with Gasteiger partial charge >= 0.3 is 0 Å². The maximum Gasteiger partial charge on any atom is 0.242 e. The number of sulfonamides is 1. The van der Waals surface area contributed by atoms with Crippen molar-refractivity contribution in [2.24, 2.45) is 0 Å². The van der Waals surface area contributed by atoms with Gasteiger partial charge in [-0.3, -0.25) is 4.79 Å². The van der Waals surface area contributed by atoms with E-state index in [-0.39, 0.29) is 11.5 Å². The predicted octanol–water partition coefficient (Wildman–Crippen LogP) is 2.95. The lowest BCUT2D eigenvalue weighted by Crippen LogP contribution is -2.22. The Bertz CT molecular complexity index is 834. The van der Waals surface area contributed by atoms with Crippen molar-refractivity contribution >= 4 is 16.3 Å². The van der Waals surface area contributed by atoms with Gasteiger partial charge in [0.25, 0.3) is 0 Å². The van der Waals surface area contributed by atoms with Crippen molar-refractivity contribution in [2.75, 3.05) is 14.1 Å². The number of hydrogen-bond acceptors (Lipinski definition) is 4. The van der Waals surface area contributed by atoms with Gasteiger partial charge in [0.1, 0.15) is 18.6 Å². The molecule has 0 bridgehead atoms. The summed E-state index contributed by atoms with van der Waals surface area (Å²) in [5, 5.41) is 0. The molecule has 0 atom stereocenters. The van der Waals surface area contributed by atoms with Gasteiger partial charge in [-0.1, -0.05) is 12.1 Å². The monoisotopic (exact) mass is 347 g/mol. The standard InChI is InChI=1S/C18H21NO4S/c1-13-8-16(11-20)9-14(2)18(13)23-12-15-6-5-7-17(10-15)24(21,22)19(3)4/h5-11H,12H2,1-4H3. The Morgan fingerprint density at radius 3 is 2.25 bits per heavy atom. The zero-order valence-electron chi connectivity index (χ0n) is 14.2. The van der Waals surface area contributed by atoms with E-state index in [1.54, 1.807) is 30.3 Å². The van der Waals surface area contributed by atoms with Crippen molar-refractivity contribution in [2.45, 2.75) is 25.3 Å². The predicted molar refractivity (Wildman–Crippen MR) is 93.0 cm³/mol. The molecule has 0 radical (unpaired) electrons. The minimum Gasteiger partial charge on any atom is -0.488 e. The molecule has 0 aliphatic rings. The van der Waals surface area contributed by atoms with Crippen LogP contribution in [-0.2, 0) is 16.6 Å². The van der Waals surface area contributed by atoms with Crippen LogP contribution in [0.4, 0.5) is 0 Å². The van der Waals surface area contributed by atoms with E-state index >= 15 is 0 Å². The molecule has 0 spiro atoms. The Labute approximate surface area is 142 Å². The topological polar surface area (TPSA) is 63.7 Å². The molecule has 2 rings (SSSR count). The van der Waals surface area contributed by atoms with Gasteiger partial charge in [0, 0.05) is 19.7 Å². The first kappa shape index (κ1) is 18.2. The fourth-order valence-corrected chi connectivity index (χ4v) is 3.41. The minimum absolute atomic E-state index is 0.235. The Kier molecular flexibility index (Phi) is 5.41. The SMILES string of the molecule is Cc1cc(C=O)cc(C)c1OCc1cccc(S(=O)(=O)N(C)C)c1. The van der Waals surface area contributed by atoms with E-state index in [9.17, 15) is 13.2 Å². The van der Waals surface area contributed by atoms with Crippen molar-refractivity contribution < 1.29 is 17.9 Å². The second-order valence-electron chi connectivity index (χ2n) is 5.83. The Morgan fingerprint density at radius 2 is 1.71 bits per heavy atom. The second kappa shape index (κ2) is 7.15. The van der Waals surface area contributed by atoms with Crippen LogP contribution in [0.2, 0.25) is 0 Å². The third-order valence-corrected chi connectivity index (χ3v) is 5.49. The van der Waals surface area contributed by atoms with E-state index in [0.29, 0.717) is 11.3 Å². The van der Waals surface area contributed by atoms with Gasteiger partial charge in [-0.2, -0.15) is 0 Å². The van der Waals surface area contributed by atoms with Gasteiger partial charge in [-0.05, 0) is 54.8 Å². The van der Waals surface area contributed by atoms with Crippen LogP contribution < -0.4 is 4.74 Å². The summed E-state index contributed by atoms with van der Waals surface area (Å²) in [4.78, 5) is 11.1. The third kappa shape index (κ3) is 3.83. The molecule has 0 aliphatic heterocycles. The molecule has 6 heteroatoms. The first-order valence-corrected chi connectivity index (χ1v) is 8.90. The van der Waals surface area contributed by atoms with Gasteiger partial charge in [0.2, 0.25) is 10.0 Å². The number of carbonyl (C=O) groups excluding carboxylic acids is 1. The average molecular weight is 347 g/mol. The molecule has 0 aromatic heterocycles. The molecule has 0 N–H and O–H groups in total. The number of benzene rings is 2. The highest BCUT2D eigenvalue weighted by Crippen LogP contribution is 2.25. The quantitative estimate of drug-likeness (QED) is 0.754. The van der Waals surface area contributed by atoms with E-state index < -0.39 is 10.0 Å². The zero-order valence-corrected chi connectivity index (χ0v) is 15.1. The number of carbonyl (C=O) groups is 1. The molecule has 0 saturated carbocycles. The van der Waals surface area contributed by atoms with Crippen molar-refractivity contribution in [3.8, 4) is 5.75 Å². The van der Waals surface area contributed by atoms with Gasteiger partial charge in [-0.15, -0.1) is 0 Å². The maximum absolute atomic E-state index is 12.2. The Balaban J connectivity index is 2.24. The summed E-state index contributed by atoms with van der Waals surface area (Å²) in [6.45, 7) is 4.00. The van der Waals surface area contributed by atoms with E-state index in [0.717, 1.165) is 23.0 Å². The van der Waals surface area contributed by atoms with Gasteiger partial charge < -0.3 is 4.74 Å². The molecule has 2 aromatic rings. The number of aryl methyl sites for hydroxylation is 2. The zero-order chi connectivity index (χ0) is 17.9. The van der Waals surface area contributed by atoms with Crippen LogP contribution >= 0.6 is 0 Å². The average Bonchev–Trinajstić information content (AvgIpc) is 2.54. The van der Waals surface area contributed by atoms with Crippen molar-refractivity contribution in [3.63, 3.8) is 0 Å². The van der Waals surface area contributed by atoms with Crippen molar-refractivity contribution in [3.05, 3.63) is 58.7 Å². The normalized spacial score (nSPS) is 11.5. The summed E-state index contributed by atoms with van der Waals surface area (Å²) in [7, 11) is -0.469. The number of ether oxygens (including phenoxy) is 1. The van der Waals surface area contributed by atoms with Crippen LogP contribution in [-0.4, -0.2) is 33.1 Å². The molecule has 5 nitrogen and oxygen atoms in total. The molecule has 0 aliphatic carbocycles. The molecule has 0 unspecified atom stereocenters. The molecule has 0 amide bonds. The number of nitrogens with zero attached hydrogens (tertiary/aromatic N) is 1. The number of rotatable bonds is 6. The Hall–Kier alpha value is -2.18. The van der Waals surface area contributed by atoms with Crippen LogP contribution in [0.5, 0.6) is 5.75 Å². The lowest BCUT2D eigenvalue weighted by Gasteiger charge is -2.15. The molecular formula is C18H21NO4S. The lowest BCUT2D eigenvalue weighted by molar-refractivity contribution is 0.112. The first-order chi connectivity index (χ1) is 11.3. The molecule has 128 valence electrons.